The number of aliphatic hydroxyl groups is 1. The number of aromatic amines is 1. The molecular formula is C15H15Cl2N3O2. The lowest BCUT2D eigenvalue weighted by Gasteiger charge is -2.28. The van der Waals surface area contributed by atoms with Crippen molar-refractivity contribution in [1.29, 1.82) is 0 Å². The molecule has 22 heavy (non-hydrogen) atoms. The Morgan fingerprint density at radius 3 is 2.95 bits per heavy atom. The molecule has 0 fully saturated rings. The second-order valence-electron chi connectivity index (χ2n) is 5.44. The van der Waals surface area contributed by atoms with Gasteiger partial charge in [-0.3, -0.25) is 9.89 Å². The summed E-state index contributed by atoms with van der Waals surface area (Å²) in [5.41, 5.74) is 2.39. The van der Waals surface area contributed by atoms with Crippen molar-refractivity contribution in [2.45, 2.75) is 25.0 Å². The first kappa shape index (κ1) is 15.3. The molecule has 1 aromatic carbocycles. The van der Waals surface area contributed by atoms with Gasteiger partial charge in [-0.05, 0) is 29.3 Å². The van der Waals surface area contributed by atoms with Gasteiger partial charge in [0.15, 0.2) is 0 Å². The summed E-state index contributed by atoms with van der Waals surface area (Å²) < 4.78 is 0. The quantitative estimate of drug-likeness (QED) is 0.901. The van der Waals surface area contributed by atoms with Crippen molar-refractivity contribution in [3.63, 3.8) is 0 Å². The number of hydrogen-bond donors (Lipinski definition) is 2. The first-order valence-corrected chi connectivity index (χ1v) is 7.62. The number of rotatable bonds is 3. The van der Waals surface area contributed by atoms with E-state index in [1.165, 1.54) is 0 Å². The van der Waals surface area contributed by atoms with Crippen LogP contribution in [0.5, 0.6) is 0 Å². The van der Waals surface area contributed by atoms with E-state index >= 15 is 0 Å². The van der Waals surface area contributed by atoms with Crippen LogP contribution < -0.4 is 0 Å². The summed E-state index contributed by atoms with van der Waals surface area (Å²) >= 11 is 12.3. The number of carbonyl (C=O) groups excluding carboxylic acids is 1. The Bertz CT molecular complexity index is 703. The van der Waals surface area contributed by atoms with Crippen LogP contribution in [0.1, 0.15) is 22.9 Å². The SMILES string of the molecule is CN(C(=O)Cc1ccn[nH]1)C1c2cc(Cl)cc(Cl)c2CC1O. The highest BCUT2D eigenvalue weighted by Gasteiger charge is 2.37. The van der Waals surface area contributed by atoms with Gasteiger partial charge in [-0.2, -0.15) is 5.10 Å². The predicted molar refractivity (Wildman–Crippen MR) is 84.0 cm³/mol. The summed E-state index contributed by atoms with van der Waals surface area (Å²) in [7, 11) is 1.68. The van der Waals surface area contributed by atoms with E-state index in [9.17, 15) is 9.90 Å². The van der Waals surface area contributed by atoms with Crippen LogP contribution >= 0.6 is 23.2 Å². The molecule has 1 amide bonds. The van der Waals surface area contributed by atoms with Crippen LogP contribution in [0.25, 0.3) is 0 Å². The number of carbonyl (C=O) groups is 1. The zero-order valence-electron chi connectivity index (χ0n) is 11.9. The van der Waals surface area contributed by atoms with Crippen LogP contribution in [0.15, 0.2) is 24.4 Å². The molecule has 5 nitrogen and oxygen atoms in total. The molecule has 1 heterocycles. The number of halogens is 2. The van der Waals surface area contributed by atoms with Gasteiger partial charge in [-0.25, -0.2) is 0 Å². The Morgan fingerprint density at radius 2 is 2.27 bits per heavy atom. The Morgan fingerprint density at radius 1 is 1.50 bits per heavy atom. The number of nitrogens with one attached hydrogen (secondary N) is 1. The van der Waals surface area contributed by atoms with E-state index in [1.807, 2.05) is 0 Å². The molecule has 0 aliphatic heterocycles. The first-order valence-electron chi connectivity index (χ1n) is 6.87. The molecule has 0 saturated carbocycles. The molecule has 7 heteroatoms. The lowest BCUT2D eigenvalue weighted by molar-refractivity contribution is -0.133. The second-order valence-corrected chi connectivity index (χ2v) is 6.28. The number of amides is 1. The van der Waals surface area contributed by atoms with Gasteiger partial charge in [0.1, 0.15) is 0 Å². The van der Waals surface area contributed by atoms with E-state index in [-0.39, 0.29) is 12.3 Å². The zero-order chi connectivity index (χ0) is 15.9. The van der Waals surface area contributed by atoms with Crippen LogP contribution in [0.3, 0.4) is 0 Å². The number of aliphatic hydroxyl groups excluding tert-OH is 1. The molecule has 116 valence electrons. The van der Waals surface area contributed by atoms with Crippen LogP contribution in [-0.4, -0.2) is 39.3 Å². The van der Waals surface area contributed by atoms with Crippen molar-refractivity contribution in [3.8, 4) is 0 Å². The minimum absolute atomic E-state index is 0.114. The van der Waals surface area contributed by atoms with Gasteiger partial charge >= 0.3 is 0 Å². The van der Waals surface area contributed by atoms with Crippen molar-refractivity contribution < 1.29 is 9.90 Å². The summed E-state index contributed by atoms with van der Waals surface area (Å²) in [6, 6.07) is 4.73. The standard InChI is InChI=1S/C15H15Cl2N3O2/c1-20(14(22)6-9-2-3-18-19-9)15-11-4-8(16)5-12(17)10(11)7-13(15)21/h2-5,13,15,21H,6-7H2,1H3,(H,18,19). The summed E-state index contributed by atoms with van der Waals surface area (Å²) in [5, 5.41) is 18.0. The van der Waals surface area contributed by atoms with E-state index in [2.05, 4.69) is 10.2 Å². The van der Waals surface area contributed by atoms with Gasteiger partial charge in [0.25, 0.3) is 0 Å². The summed E-state index contributed by atoms with van der Waals surface area (Å²) in [6.45, 7) is 0. The maximum absolute atomic E-state index is 12.4. The number of H-pyrrole nitrogens is 1. The highest BCUT2D eigenvalue weighted by Crippen LogP contribution is 2.40. The lowest BCUT2D eigenvalue weighted by atomic mass is 10.1. The van der Waals surface area contributed by atoms with Crippen LogP contribution in [0.2, 0.25) is 10.0 Å². The fourth-order valence-electron chi connectivity index (χ4n) is 2.92. The van der Waals surface area contributed by atoms with Crippen molar-refractivity contribution in [2.75, 3.05) is 7.05 Å². The molecule has 3 rings (SSSR count). The molecule has 2 unspecified atom stereocenters. The van der Waals surface area contributed by atoms with Gasteiger partial charge in [-0.1, -0.05) is 23.2 Å². The summed E-state index contributed by atoms with van der Waals surface area (Å²) in [5.74, 6) is -0.114. The molecule has 0 radical (unpaired) electrons. The Hall–Kier alpha value is -1.56. The molecule has 0 saturated heterocycles. The lowest BCUT2D eigenvalue weighted by Crippen LogP contribution is -2.36. The average molecular weight is 340 g/mol. The van der Waals surface area contributed by atoms with Gasteiger partial charge in [0, 0.05) is 35.4 Å². The average Bonchev–Trinajstić information content (AvgIpc) is 3.05. The van der Waals surface area contributed by atoms with Crippen LogP contribution in [-0.2, 0) is 17.6 Å². The number of benzene rings is 1. The first-order chi connectivity index (χ1) is 10.5. The number of aromatic nitrogens is 2. The molecule has 0 bridgehead atoms. The third-order valence-corrected chi connectivity index (χ3v) is 4.56. The molecular weight excluding hydrogens is 325 g/mol. The Kier molecular flexibility index (Phi) is 4.12. The van der Waals surface area contributed by atoms with Gasteiger partial charge < -0.3 is 10.0 Å². The third-order valence-electron chi connectivity index (χ3n) is 4.00. The zero-order valence-corrected chi connectivity index (χ0v) is 13.4. The topological polar surface area (TPSA) is 69.2 Å². The minimum atomic E-state index is -0.693. The fraction of sp³-hybridized carbons (Fsp3) is 0.333. The normalized spacial score (nSPS) is 20.0. The van der Waals surface area contributed by atoms with Gasteiger partial charge in [0.05, 0.1) is 18.6 Å². The van der Waals surface area contributed by atoms with E-state index < -0.39 is 12.1 Å². The Labute approximate surface area is 137 Å². The third kappa shape index (κ3) is 2.72. The number of nitrogens with zero attached hydrogens (tertiary/aromatic N) is 2. The van der Waals surface area contributed by atoms with Crippen LogP contribution in [0.4, 0.5) is 0 Å². The summed E-state index contributed by atoms with van der Waals surface area (Å²) in [4.78, 5) is 14.0. The number of fused-ring (bicyclic) bond motifs is 1. The predicted octanol–water partition coefficient (Wildman–Crippen LogP) is 2.38. The molecule has 1 aromatic heterocycles. The number of likely N-dealkylation sites (N-methyl/N-ethyl adjacent to an activating group) is 1. The van der Waals surface area contributed by atoms with Crippen molar-refractivity contribution in [2.24, 2.45) is 0 Å². The van der Waals surface area contributed by atoms with Gasteiger partial charge in [-0.15, -0.1) is 0 Å². The van der Waals surface area contributed by atoms with E-state index in [1.54, 1.807) is 36.3 Å². The Balaban J connectivity index is 1.87. The summed E-state index contributed by atoms with van der Waals surface area (Å²) in [6.07, 6.45) is 1.52. The smallest absolute Gasteiger partial charge is 0.228 e. The maximum atomic E-state index is 12.4. The van der Waals surface area contributed by atoms with Crippen molar-refractivity contribution >= 4 is 29.1 Å². The minimum Gasteiger partial charge on any atom is -0.390 e. The van der Waals surface area contributed by atoms with Crippen molar-refractivity contribution in [1.82, 2.24) is 15.1 Å². The molecule has 0 spiro atoms. The highest BCUT2D eigenvalue weighted by atomic mass is 35.5. The van der Waals surface area contributed by atoms with Gasteiger partial charge in [0.2, 0.25) is 5.91 Å². The maximum Gasteiger partial charge on any atom is 0.228 e. The second kappa shape index (κ2) is 5.91. The molecule has 2 atom stereocenters. The fourth-order valence-corrected chi connectivity index (χ4v) is 3.51. The van der Waals surface area contributed by atoms with E-state index in [4.69, 9.17) is 23.2 Å². The molecule has 2 N–H and O–H groups in total. The van der Waals surface area contributed by atoms with Crippen molar-refractivity contribution in [3.05, 3.63) is 51.3 Å². The largest absolute Gasteiger partial charge is 0.390 e. The van der Waals surface area contributed by atoms with E-state index in [0.29, 0.717) is 16.5 Å². The highest BCUT2D eigenvalue weighted by molar-refractivity contribution is 6.35. The molecule has 1 aliphatic rings. The number of hydrogen-bond acceptors (Lipinski definition) is 3. The van der Waals surface area contributed by atoms with Crippen LogP contribution in [0, 0.1) is 0 Å². The molecule has 2 aromatic rings. The monoisotopic (exact) mass is 339 g/mol. The molecule has 1 aliphatic carbocycles. The van der Waals surface area contributed by atoms with E-state index in [0.717, 1.165) is 16.8 Å².